The zero-order valence-corrected chi connectivity index (χ0v) is 11.6. The van der Waals surface area contributed by atoms with Gasteiger partial charge in [0.15, 0.2) is 10.4 Å². The van der Waals surface area contributed by atoms with Crippen LogP contribution in [0.25, 0.3) is 0 Å². The zero-order chi connectivity index (χ0) is 14.8. The zero-order valence-electron chi connectivity index (χ0n) is 10.00. The molecule has 0 spiro atoms. The predicted octanol–water partition coefficient (Wildman–Crippen LogP) is 3.99. The van der Waals surface area contributed by atoms with Crippen LogP contribution in [0.2, 0.25) is 0 Å². The highest BCUT2D eigenvalue weighted by molar-refractivity contribution is 9.10. The number of hydrogen-bond acceptors (Lipinski definition) is 2. The number of hydrogen-bond donors (Lipinski definition) is 1. The summed E-state index contributed by atoms with van der Waals surface area (Å²) < 4.78 is 43.7. The van der Waals surface area contributed by atoms with Crippen LogP contribution in [0, 0.1) is 0 Å². The first-order valence-electron chi connectivity index (χ1n) is 5.56. The van der Waals surface area contributed by atoms with E-state index in [1.165, 1.54) is 30.3 Å². The standard InChI is InChI=1S/C13H9BrF3NO2/c14-11-6-5-10(20-11)12(19)18-7-8-3-1-2-4-9(8)13(15,16)17/h1-6H,7H2,(H,18,19). The molecule has 0 saturated heterocycles. The molecule has 1 N–H and O–H groups in total. The SMILES string of the molecule is O=C(NCc1ccccc1C(F)(F)F)c1ccc(Br)o1. The van der Waals surface area contributed by atoms with Crippen LogP contribution in [0.15, 0.2) is 45.5 Å². The van der Waals surface area contributed by atoms with Gasteiger partial charge in [-0.05, 0) is 39.7 Å². The summed E-state index contributed by atoms with van der Waals surface area (Å²) in [4.78, 5) is 11.7. The maximum Gasteiger partial charge on any atom is 0.416 e. The van der Waals surface area contributed by atoms with Gasteiger partial charge in [0.2, 0.25) is 0 Å². The van der Waals surface area contributed by atoms with Crippen molar-refractivity contribution in [3.05, 3.63) is 58.0 Å². The third-order valence-corrected chi connectivity index (χ3v) is 2.99. The smallest absolute Gasteiger partial charge is 0.416 e. The Bertz CT molecular complexity index is 622. The molecule has 0 radical (unpaired) electrons. The van der Waals surface area contributed by atoms with E-state index in [1.54, 1.807) is 0 Å². The van der Waals surface area contributed by atoms with Crippen LogP contribution in [0.1, 0.15) is 21.7 Å². The van der Waals surface area contributed by atoms with Gasteiger partial charge in [0, 0.05) is 6.54 Å². The minimum atomic E-state index is -4.45. The van der Waals surface area contributed by atoms with Crippen molar-refractivity contribution in [2.75, 3.05) is 0 Å². The van der Waals surface area contributed by atoms with Gasteiger partial charge in [-0.1, -0.05) is 18.2 Å². The fraction of sp³-hybridized carbons (Fsp3) is 0.154. The summed E-state index contributed by atoms with van der Waals surface area (Å²) in [6, 6.07) is 8.04. The largest absolute Gasteiger partial charge is 0.444 e. The average Bonchev–Trinajstić information content (AvgIpc) is 2.82. The lowest BCUT2D eigenvalue weighted by molar-refractivity contribution is -0.138. The second kappa shape index (κ2) is 5.70. The molecule has 0 aliphatic heterocycles. The third kappa shape index (κ3) is 3.41. The van der Waals surface area contributed by atoms with E-state index in [0.29, 0.717) is 4.67 Å². The van der Waals surface area contributed by atoms with Crippen LogP contribution in [-0.2, 0) is 12.7 Å². The van der Waals surface area contributed by atoms with E-state index in [9.17, 15) is 18.0 Å². The molecule has 1 heterocycles. The Kier molecular flexibility index (Phi) is 4.17. The van der Waals surface area contributed by atoms with Crippen molar-refractivity contribution >= 4 is 21.8 Å². The highest BCUT2D eigenvalue weighted by Gasteiger charge is 2.32. The number of halogens is 4. The molecule has 0 aliphatic carbocycles. The monoisotopic (exact) mass is 347 g/mol. The number of nitrogens with one attached hydrogen (secondary N) is 1. The van der Waals surface area contributed by atoms with Crippen molar-refractivity contribution in [2.24, 2.45) is 0 Å². The summed E-state index contributed by atoms with van der Waals surface area (Å²) in [5.74, 6) is -0.547. The second-order valence-electron chi connectivity index (χ2n) is 3.94. The van der Waals surface area contributed by atoms with E-state index >= 15 is 0 Å². The highest BCUT2D eigenvalue weighted by Crippen LogP contribution is 2.31. The molecule has 0 bridgehead atoms. The van der Waals surface area contributed by atoms with Crippen LogP contribution in [0.3, 0.4) is 0 Å². The highest BCUT2D eigenvalue weighted by atomic mass is 79.9. The van der Waals surface area contributed by atoms with Crippen molar-refractivity contribution < 1.29 is 22.4 Å². The van der Waals surface area contributed by atoms with Crippen molar-refractivity contribution in [3.63, 3.8) is 0 Å². The molecule has 1 aromatic heterocycles. The number of carbonyl (C=O) groups is 1. The summed E-state index contributed by atoms with van der Waals surface area (Å²) in [6.45, 7) is -0.229. The molecule has 2 rings (SSSR count). The first kappa shape index (κ1) is 14.6. The molecule has 20 heavy (non-hydrogen) atoms. The molecule has 0 saturated carbocycles. The predicted molar refractivity (Wildman–Crippen MR) is 69.0 cm³/mol. The molecule has 1 amide bonds. The minimum Gasteiger partial charge on any atom is -0.444 e. The summed E-state index contributed by atoms with van der Waals surface area (Å²) >= 11 is 3.04. The lowest BCUT2D eigenvalue weighted by atomic mass is 10.1. The van der Waals surface area contributed by atoms with Crippen molar-refractivity contribution in [1.82, 2.24) is 5.32 Å². The number of rotatable bonds is 3. The summed E-state index contributed by atoms with van der Waals surface area (Å²) in [6.07, 6.45) is -4.45. The minimum absolute atomic E-state index is 0.000952. The summed E-state index contributed by atoms with van der Waals surface area (Å²) in [5.41, 5.74) is -0.764. The fourth-order valence-corrected chi connectivity index (χ4v) is 1.96. The normalized spacial score (nSPS) is 11.4. The van der Waals surface area contributed by atoms with Gasteiger partial charge in [-0.2, -0.15) is 13.2 Å². The van der Waals surface area contributed by atoms with Crippen LogP contribution >= 0.6 is 15.9 Å². The van der Waals surface area contributed by atoms with Crippen molar-refractivity contribution in [1.29, 1.82) is 0 Å². The van der Waals surface area contributed by atoms with E-state index in [2.05, 4.69) is 21.2 Å². The topological polar surface area (TPSA) is 42.2 Å². The molecule has 106 valence electrons. The average molecular weight is 348 g/mol. The molecule has 7 heteroatoms. The van der Waals surface area contributed by atoms with Gasteiger partial charge < -0.3 is 9.73 Å². The maximum absolute atomic E-state index is 12.8. The Morgan fingerprint density at radius 2 is 1.90 bits per heavy atom. The Morgan fingerprint density at radius 1 is 1.20 bits per heavy atom. The van der Waals surface area contributed by atoms with Crippen LogP contribution < -0.4 is 5.32 Å². The molecule has 3 nitrogen and oxygen atoms in total. The maximum atomic E-state index is 12.8. The van der Waals surface area contributed by atoms with Gasteiger partial charge in [0.1, 0.15) is 0 Å². The lowest BCUT2D eigenvalue weighted by Crippen LogP contribution is -2.24. The van der Waals surface area contributed by atoms with Gasteiger partial charge in [-0.25, -0.2) is 0 Å². The van der Waals surface area contributed by atoms with Gasteiger partial charge in [0.25, 0.3) is 5.91 Å². The molecular weight excluding hydrogens is 339 g/mol. The lowest BCUT2D eigenvalue weighted by Gasteiger charge is -2.12. The van der Waals surface area contributed by atoms with E-state index in [0.717, 1.165) is 6.07 Å². The van der Waals surface area contributed by atoms with E-state index in [-0.39, 0.29) is 17.9 Å². The van der Waals surface area contributed by atoms with Gasteiger partial charge in [-0.15, -0.1) is 0 Å². The first-order chi connectivity index (χ1) is 9.38. The molecule has 1 aromatic carbocycles. The number of benzene rings is 1. The van der Waals surface area contributed by atoms with Crippen LogP contribution in [0.5, 0.6) is 0 Å². The van der Waals surface area contributed by atoms with E-state index < -0.39 is 17.6 Å². The molecule has 0 atom stereocenters. The summed E-state index contributed by atoms with van der Waals surface area (Å²) in [5, 5.41) is 2.39. The molecular formula is C13H9BrF3NO2. The second-order valence-corrected chi connectivity index (χ2v) is 4.72. The van der Waals surface area contributed by atoms with Gasteiger partial charge in [0.05, 0.1) is 5.56 Å². The van der Waals surface area contributed by atoms with E-state index in [4.69, 9.17) is 4.42 Å². The Morgan fingerprint density at radius 3 is 2.50 bits per heavy atom. The van der Waals surface area contributed by atoms with Gasteiger partial charge >= 0.3 is 6.18 Å². The molecule has 0 unspecified atom stereocenters. The number of furan rings is 1. The number of alkyl halides is 3. The van der Waals surface area contributed by atoms with Gasteiger partial charge in [-0.3, -0.25) is 4.79 Å². The Balaban J connectivity index is 2.10. The molecule has 0 fully saturated rings. The third-order valence-electron chi connectivity index (χ3n) is 2.56. The summed E-state index contributed by atoms with van der Waals surface area (Å²) in [7, 11) is 0. The van der Waals surface area contributed by atoms with Crippen LogP contribution in [0.4, 0.5) is 13.2 Å². The van der Waals surface area contributed by atoms with Crippen LogP contribution in [-0.4, -0.2) is 5.91 Å². The quantitative estimate of drug-likeness (QED) is 0.911. The van der Waals surface area contributed by atoms with Crippen molar-refractivity contribution in [3.8, 4) is 0 Å². The fourth-order valence-electron chi connectivity index (χ4n) is 1.65. The van der Waals surface area contributed by atoms with Crippen molar-refractivity contribution in [2.45, 2.75) is 12.7 Å². The Hall–Kier alpha value is -1.76. The Labute approximate surface area is 120 Å². The molecule has 0 aliphatic rings. The van der Waals surface area contributed by atoms with E-state index in [1.807, 2.05) is 0 Å². The molecule has 2 aromatic rings. The first-order valence-corrected chi connectivity index (χ1v) is 6.36. The number of amides is 1. The number of carbonyl (C=O) groups excluding carboxylic acids is 1.